The van der Waals surface area contributed by atoms with Crippen LogP contribution in [-0.2, 0) is 5.41 Å². The zero-order chi connectivity index (χ0) is 8.82. The summed E-state index contributed by atoms with van der Waals surface area (Å²) in [5, 5.41) is 6.76. The quantitative estimate of drug-likeness (QED) is 0.669. The Labute approximate surface area is 71.6 Å². The molecule has 0 radical (unpaired) electrons. The molecule has 1 fully saturated rings. The van der Waals surface area contributed by atoms with Crippen LogP contribution >= 0.6 is 0 Å². The second kappa shape index (κ2) is 2.07. The van der Waals surface area contributed by atoms with E-state index >= 15 is 0 Å². The Morgan fingerprint density at radius 3 is 2.67 bits per heavy atom. The van der Waals surface area contributed by atoms with Crippen molar-refractivity contribution in [2.75, 3.05) is 6.54 Å². The van der Waals surface area contributed by atoms with Gasteiger partial charge in [0.25, 0.3) is 0 Å². The van der Waals surface area contributed by atoms with Crippen molar-refractivity contribution >= 4 is 0 Å². The lowest BCUT2D eigenvalue weighted by Gasteiger charge is -2.14. The van der Waals surface area contributed by atoms with E-state index in [1.165, 1.54) is 0 Å². The maximum absolute atomic E-state index is 5.75. The van der Waals surface area contributed by atoms with E-state index in [0.717, 1.165) is 12.2 Å². The van der Waals surface area contributed by atoms with Gasteiger partial charge >= 0.3 is 0 Å². The molecular weight excluding hydrogens is 152 g/mol. The summed E-state index contributed by atoms with van der Waals surface area (Å²) in [6.07, 6.45) is 2.65. The number of H-pyrrole nitrogens is 1. The van der Waals surface area contributed by atoms with Crippen molar-refractivity contribution in [2.24, 2.45) is 11.1 Å². The number of nitrogens with two attached hydrogens (primary N) is 1. The van der Waals surface area contributed by atoms with Crippen LogP contribution in [0.3, 0.4) is 0 Å². The van der Waals surface area contributed by atoms with Crippen LogP contribution in [0.25, 0.3) is 0 Å². The van der Waals surface area contributed by atoms with Gasteiger partial charge in [0.1, 0.15) is 12.2 Å². The summed E-state index contributed by atoms with van der Waals surface area (Å²) in [5.74, 6) is 0.940. The van der Waals surface area contributed by atoms with Crippen LogP contribution in [-0.4, -0.2) is 21.7 Å². The number of nitrogens with one attached hydrogen (secondary N) is 1. The van der Waals surface area contributed by atoms with Gasteiger partial charge in [0, 0.05) is 12.0 Å². The van der Waals surface area contributed by atoms with Gasteiger partial charge in [-0.15, -0.1) is 0 Å². The fourth-order valence-electron chi connectivity index (χ4n) is 2.00. The predicted molar refractivity (Wildman–Crippen MR) is 45.5 cm³/mol. The Balaban J connectivity index is 2.34. The Bertz CT molecular complexity index is 277. The molecule has 1 aliphatic rings. The van der Waals surface area contributed by atoms with Crippen LogP contribution in [0, 0.1) is 5.41 Å². The van der Waals surface area contributed by atoms with Gasteiger partial charge in [0.2, 0.25) is 0 Å². The van der Waals surface area contributed by atoms with E-state index in [-0.39, 0.29) is 10.8 Å². The third-order valence-electron chi connectivity index (χ3n) is 3.13. The minimum atomic E-state index is 0.0590. The van der Waals surface area contributed by atoms with Crippen LogP contribution in [0.15, 0.2) is 6.33 Å². The molecule has 1 aromatic rings. The molecule has 1 atom stereocenters. The van der Waals surface area contributed by atoms with Gasteiger partial charge in [-0.1, -0.05) is 13.8 Å². The molecule has 66 valence electrons. The molecule has 1 saturated carbocycles. The Kier molecular flexibility index (Phi) is 1.33. The average Bonchev–Trinajstić information content (AvgIpc) is 2.52. The summed E-state index contributed by atoms with van der Waals surface area (Å²) in [4.78, 5) is 4.17. The van der Waals surface area contributed by atoms with Crippen LogP contribution < -0.4 is 5.73 Å². The molecule has 12 heavy (non-hydrogen) atoms. The predicted octanol–water partition coefficient (Wildman–Crippen LogP) is 0.431. The van der Waals surface area contributed by atoms with Gasteiger partial charge in [-0.2, -0.15) is 5.10 Å². The molecular formula is C8H14N4. The second-order valence-corrected chi connectivity index (χ2v) is 4.18. The summed E-state index contributed by atoms with van der Waals surface area (Å²) in [5.41, 5.74) is 6.09. The third-order valence-corrected chi connectivity index (χ3v) is 3.13. The average molecular weight is 166 g/mol. The maximum Gasteiger partial charge on any atom is 0.137 e. The molecule has 1 heterocycles. The van der Waals surface area contributed by atoms with Gasteiger partial charge in [-0.05, 0) is 11.8 Å². The third kappa shape index (κ3) is 0.756. The van der Waals surface area contributed by atoms with Gasteiger partial charge in [-0.25, -0.2) is 4.98 Å². The number of rotatable bonds is 2. The van der Waals surface area contributed by atoms with E-state index in [9.17, 15) is 0 Å². The number of hydrogen-bond acceptors (Lipinski definition) is 3. The first-order chi connectivity index (χ1) is 5.62. The first kappa shape index (κ1) is 7.73. The molecule has 1 aliphatic carbocycles. The summed E-state index contributed by atoms with van der Waals surface area (Å²) in [6, 6.07) is 0. The Morgan fingerprint density at radius 2 is 2.33 bits per heavy atom. The van der Waals surface area contributed by atoms with Crippen molar-refractivity contribution in [3.8, 4) is 0 Å². The SMILES string of the molecule is CC1(C)CC1(CN)c1ncn[nH]1. The monoisotopic (exact) mass is 166 g/mol. The van der Waals surface area contributed by atoms with Crippen LogP contribution in [0.2, 0.25) is 0 Å². The molecule has 0 aromatic carbocycles. The number of hydrogen-bond donors (Lipinski definition) is 2. The van der Waals surface area contributed by atoms with Gasteiger partial charge in [0.15, 0.2) is 0 Å². The van der Waals surface area contributed by atoms with Crippen molar-refractivity contribution in [3.05, 3.63) is 12.2 Å². The summed E-state index contributed by atoms with van der Waals surface area (Å²) in [6.45, 7) is 5.07. The fourth-order valence-corrected chi connectivity index (χ4v) is 2.00. The molecule has 1 aromatic heterocycles. The summed E-state index contributed by atoms with van der Waals surface area (Å²) < 4.78 is 0. The van der Waals surface area contributed by atoms with Crippen LogP contribution in [0.4, 0.5) is 0 Å². The Hall–Kier alpha value is -0.900. The lowest BCUT2D eigenvalue weighted by molar-refractivity contribution is 0.482. The van der Waals surface area contributed by atoms with Gasteiger partial charge in [0.05, 0.1) is 0 Å². The van der Waals surface area contributed by atoms with Gasteiger partial charge < -0.3 is 5.73 Å². The summed E-state index contributed by atoms with van der Waals surface area (Å²) in [7, 11) is 0. The zero-order valence-corrected chi connectivity index (χ0v) is 7.46. The summed E-state index contributed by atoms with van der Waals surface area (Å²) >= 11 is 0. The second-order valence-electron chi connectivity index (χ2n) is 4.18. The minimum Gasteiger partial charge on any atom is -0.329 e. The molecule has 0 aliphatic heterocycles. The number of aromatic nitrogens is 3. The largest absolute Gasteiger partial charge is 0.329 e. The maximum atomic E-state index is 5.75. The lowest BCUT2D eigenvalue weighted by atomic mass is 9.95. The van der Waals surface area contributed by atoms with Crippen LogP contribution in [0.5, 0.6) is 0 Å². The molecule has 3 N–H and O–H groups in total. The van der Waals surface area contributed by atoms with Crippen molar-refractivity contribution in [3.63, 3.8) is 0 Å². The highest BCUT2D eigenvalue weighted by Gasteiger charge is 2.63. The molecule has 0 amide bonds. The number of nitrogens with zero attached hydrogens (tertiary/aromatic N) is 2. The minimum absolute atomic E-state index is 0.0590. The van der Waals surface area contributed by atoms with Crippen LogP contribution in [0.1, 0.15) is 26.1 Å². The van der Waals surface area contributed by atoms with E-state index in [0.29, 0.717) is 6.54 Å². The van der Waals surface area contributed by atoms with Crippen molar-refractivity contribution in [2.45, 2.75) is 25.7 Å². The van der Waals surface area contributed by atoms with E-state index in [2.05, 4.69) is 29.0 Å². The fraction of sp³-hybridized carbons (Fsp3) is 0.750. The molecule has 0 spiro atoms. The zero-order valence-electron chi connectivity index (χ0n) is 7.46. The molecule has 0 saturated heterocycles. The van der Waals surface area contributed by atoms with Crippen molar-refractivity contribution in [1.29, 1.82) is 0 Å². The van der Waals surface area contributed by atoms with E-state index in [4.69, 9.17) is 5.73 Å². The molecule has 1 unspecified atom stereocenters. The Morgan fingerprint density at radius 1 is 1.67 bits per heavy atom. The normalized spacial score (nSPS) is 31.9. The van der Waals surface area contributed by atoms with Crippen molar-refractivity contribution in [1.82, 2.24) is 15.2 Å². The van der Waals surface area contributed by atoms with E-state index in [1.807, 2.05) is 0 Å². The molecule has 2 rings (SSSR count). The number of aromatic amines is 1. The molecule has 4 heteroatoms. The molecule has 4 nitrogen and oxygen atoms in total. The van der Waals surface area contributed by atoms with Crippen molar-refractivity contribution < 1.29 is 0 Å². The van der Waals surface area contributed by atoms with Gasteiger partial charge in [-0.3, -0.25) is 5.10 Å². The smallest absolute Gasteiger partial charge is 0.137 e. The van der Waals surface area contributed by atoms with E-state index < -0.39 is 0 Å². The standard InChI is InChI=1S/C8H14N4/c1-7(2)3-8(7,4-9)6-10-5-11-12-6/h5H,3-4,9H2,1-2H3,(H,10,11,12). The topological polar surface area (TPSA) is 67.6 Å². The highest BCUT2D eigenvalue weighted by atomic mass is 15.2. The first-order valence-corrected chi connectivity index (χ1v) is 4.18. The molecule has 0 bridgehead atoms. The highest BCUT2D eigenvalue weighted by Crippen LogP contribution is 2.62. The lowest BCUT2D eigenvalue weighted by Crippen LogP contribution is -2.26. The first-order valence-electron chi connectivity index (χ1n) is 4.18. The highest BCUT2D eigenvalue weighted by molar-refractivity contribution is 5.27. The van der Waals surface area contributed by atoms with E-state index in [1.54, 1.807) is 6.33 Å².